The Kier molecular flexibility index (Phi) is 3.01. The van der Waals surface area contributed by atoms with Crippen molar-refractivity contribution in [3.05, 3.63) is 30.0 Å². The molecule has 18 heavy (non-hydrogen) atoms. The van der Waals surface area contributed by atoms with Crippen LogP contribution in [0.1, 0.15) is 17.4 Å². The van der Waals surface area contributed by atoms with Crippen molar-refractivity contribution in [2.24, 2.45) is 7.05 Å². The Morgan fingerprint density at radius 3 is 2.72 bits per heavy atom. The van der Waals surface area contributed by atoms with Crippen molar-refractivity contribution in [1.29, 1.82) is 0 Å². The number of aromatic nitrogens is 2. The number of nitrogens with one attached hydrogen (secondary N) is 1. The van der Waals surface area contributed by atoms with Crippen molar-refractivity contribution in [2.45, 2.75) is 13.0 Å². The quantitative estimate of drug-likeness (QED) is 0.839. The molecule has 0 aliphatic rings. The van der Waals surface area contributed by atoms with Crippen LogP contribution in [0.3, 0.4) is 0 Å². The average molecular weight is 247 g/mol. The van der Waals surface area contributed by atoms with E-state index in [9.17, 15) is 9.59 Å². The number of carbonyl (C=O) groups excluding carboxylic acids is 1. The standard InChI is InChI=1S/C12H13N3O3/c1-7(12(17)18)13-11(16)10-8-5-3-4-6-9(8)15(2)14-10/h3-7H,1-2H3,(H,13,16)(H,17,18)/t7-/m0/s1. The van der Waals surface area contributed by atoms with E-state index in [4.69, 9.17) is 5.11 Å². The number of aliphatic carboxylic acids is 1. The van der Waals surface area contributed by atoms with Gasteiger partial charge < -0.3 is 10.4 Å². The lowest BCUT2D eigenvalue weighted by Gasteiger charge is -2.07. The van der Waals surface area contributed by atoms with Gasteiger partial charge in [0.25, 0.3) is 5.91 Å². The highest BCUT2D eigenvalue weighted by molar-refractivity contribution is 6.05. The molecule has 2 N–H and O–H groups in total. The maximum Gasteiger partial charge on any atom is 0.325 e. The Hall–Kier alpha value is -2.37. The summed E-state index contributed by atoms with van der Waals surface area (Å²) in [4.78, 5) is 22.6. The third-order valence-corrected chi connectivity index (χ3v) is 2.69. The van der Waals surface area contributed by atoms with Gasteiger partial charge in [0.1, 0.15) is 6.04 Å². The molecule has 0 bridgehead atoms. The van der Waals surface area contributed by atoms with Crippen LogP contribution in [0.15, 0.2) is 24.3 Å². The zero-order valence-corrected chi connectivity index (χ0v) is 10.0. The lowest BCUT2D eigenvalue weighted by molar-refractivity contribution is -0.138. The SMILES string of the molecule is C[C@H](NC(=O)c1nn(C)c2ccccc12)C(=O)O. The summed E-state index contributed by atoms with van der Waals surface area (Å²) in [5, 5.41) is 16.0. The predicted octanol–water partition coefficient (Wildman–Crippen LogP) is 0.776. The highest BCUT2D eigenvalue weighted by Gasteiger charge is 2.20. The first-order valence-electron chi connectivity index (χ1n) is 5.46. The van der Waals surface area contributed by atoms with Crippen LogP contribution in [0.2, 0.25) is 0 Å². The van der Waals surface area contributed by atoms with Crippen LogP contribution in [0.25, 0.3) is 10.9 Å². The van der Waals surface area contributed by atoms with Crippen molar-refractivity contribution in [1.82, 2.24) is 15.1 Å². The molecule has 0 aliphatic heterocycles. The lowest BCUT2D eigenvalue weighted by Crippen LogP contribution is -2.38. The molecule has 0 saturated carbocycles. The molecule has 0 aliphatic carbocycles. The highest BCUT2D eigenvalue weighted by atomic mass is 16.4. The Balaban J connectivity index is 2.37. The molecule has 1 heterocycles. The minimum Gasteiger partial charge on any atom is -0.480 e. The minimum atomic E-state index is -1.08. The summed E-state index contributed by atoms with van der Waals surface area (Å²) in [6.07, 6.45) is 0. The minimum absolute atomic E-state index is 0.237. The van der Waals surface area contributed by atoms with Gasteiger partial charge in [-0.3, -0.25) is 14.3 Å². The molecule has 0 radical (unpaired) electrons. The molecule has 94 valence electrons. The van der Waals surface area contributed by atoms with Gasteiger partial charge in [-0.2, -0.15) is 5.10 Å². The first-order valence-corrected chi connectivity index (χ1v) is 5.46. The van der Waals surface area contributed by atoms with Crippen molar-refractivity contribution in [2.75, 3.05) is 0 Å². The second-order valence-electron chi connectivity index (χ2n) is 4.02. The van der Waals surface area contributed by atoms with E-state index in [1.165, 1.54) is 6.92 Å². The largest absolute Gasteiger partial charge is 0.480 e. The van der Waals surface area contributed by atoms with Crippen LogP contribution in [-0.2, 0) is 11.8 Å². The number of carbonyl (C=O) groups is 2. The average Bonchev–Trinajstić information content (AvgIpc) is 2.67. The number of fused-ring (bicyclic) bond motifs is 1. The molecule has 2 aromatic rings. The lowest BCUT2D eigenvalue weighted by atomic mass is 10.2. The fraction of sp³-hybridized carbons (Fsp3) is 0.250. The summed E-state index contributed by atoms with van der Waals surface area (Å²) >= 11 is 0. The van der Waals surface area contributed by atoms with Gasteiger partial charge in [0.05, 0.1) is 5.52 Å². The number of benzene rings is 1. The third kappa shape index (κ3) is 2.04. The van der Waals surface area contributed by atoms with Crippen LogP contribution in [0.4, 0.5) is 0 Å². The highest BCUT2D eigenvalue weighted by Crippen LogP contribution is 2.17. The number of hydrogen-bond donors (Lipinski definition) is 2. The summed E-state index contributed by atoms with van der Waals surface area (Å²) < 4.78 is 1.59. The monoisotopic (exact) mass is 247 g/mol. The van der Waals surface area contributed by atoms with E-state index in [-0.39, 0.29) is 5.69 Å². The molecule has 1 atom stereocenters. The number of nitrogens with zero attached hydrogens (tertiary/aromatic N) is 2. The number of rotatable bonds is 3. The molecule has 1 aromatic carbocycles. The number of para-hydroxylation sites is 1. The Labute approximate surface area is 103 Å². The molecular weight excluding hydrogens is 234 g/mol. The van der Waals surface area contributed by atoms with Crippen molar-refractivity contribution >= 4 is 22.8 Å². The smallest absolute Gasteiger partial charge is 0.325 e. The molecule has 0 fully saturated rings. The topological polar surface area (TPSA) is 84.2 Å². The van der Waals surface area contributed by atoms with Crippen LogP contribution in [0, 0.1) is 0 Å². The summed E-state index contributed by atoms with van der Waals surface area (Å²) in [6, 6.07) is 6.34. The molecule has 6 nitrogen and oxygen atoms in total. The van der Waals surface area contributed by atoms with Crippen molar-refractivity contribution in [3.63, 3.8) is 0 Å². The third-order valence-electron chi connectivity index (χ3n) is 2.69. The van der Waals surface area contributed by atoms with Gasteiger partial charge in [0.2, 0.25) is 0 Å². The van der Waals surface area contributed by atoms with Gasteiger partial charge >= 0.3 is 5.97 Å². The Morgan fingerprint density at radius 2 is 2.06 bits per heavy atom. The number of hydrogen-bond acceptors (Lipinski definition) is 3. The van der Waals surface area contributed by atoms with E-state index in [2.05, 4.69) is 10.4 Å². The van der Waals surface area contributed by atoms with Crippen LogP contribution < -0.4 is 5.32 Å². The summed E-state index contributed by atoms with van der Waals surface area (Å²) in [5.74, 6) is -1.56. The fourth-order valence-electron chi connectivity index (χ4n) is 1.71. The molecule has 0 unspecified atom stereocenters. The normalized spacial score (nSPS) is 12.3. The number of amides is 1. The summed E-state index contributed by atoms with van der Waals surface area (Å²) in [6.45, 7) is 1.41. The number of carboxylic acid groups (broad SMARTS) is 1. The Bertz CT molecular complexity index is 618. The van der Waals surface area contributed by atoms with Crippen LogP contribution in [-0.4, -0.2) is 32.8 Å². The first kappa shape index (κ1) is 12.1. The van der Waals surface area contributed by atoms with Gasteiger partial charge in [-0.1, -0.05) is 18.2 Å². The summed E-state index contributed by atoms with van der Waals surface area (Å²) in [7, 11) is 1.74. The summed E-state index contributed by atoms with van der Waals surface area (Å²) in [5.41, 5.74) is 1.06. The van der Waals surface area contributed by atoms with E-state index in [1.54, 1.807) is 23.9 Å². The molecular formula is C12H13N3O3. The molecule has 2 rings (SSSR count). The van der Waals surface area contributed by atoms with E-state index in [0.29, 0.717) is 5.39 Å². The first-order chi connectivity index (χ1) is 8.50. The maximum absolute atomic E-state index is 11.9. The number of aryl methyl sites for hydroxylation is 1. The van der Waals surface area contributed by atoms with E-state index < -0.39 is 17.9 Å². The van der Waals surface area contributed by atoms with Crippen molar-refractivity contribution < 1.29 is 14.7 Å². The van der Waals surface area contributed by atoms with Gasteiger partial charge in [-0.25, -0.2) is 0 Å². The maximum atomic E-state index is 11.9. The second-order valence-corrected chi connectivity index (χ2v) is 4.02. The van der Waals surface area contributed by atoms with Crippen LogP contribution in [0.5, 0.6) is 0 Å². The zero-order valence-electron chi connectivity index (χ0n) is 10.0. The van der Waals surface area contributed by atoms with Gasteiger partial charge in [-0.05, 0) is 13.0 Å². The molecule has 6 heteroatoms. The van der Waals surface area contributed by atoms with Gasteiger partial charge in [-0.15, -0.1) is 0 Å². The molecule has 1 amide bonds. The molecule has 0 spiro atoms. The second kappa shape index (κ2) is 4.48. The van der Waals surface area contributed by atoms with E-state index >= 15 is 0 Å². The Morgan fingerprint density at radius 1 is 1.39 bits per heavy atom. The van der Waals surface area contributed by atoms with E-state index in [0.717, 1.165) is 5.52 Å². The zero-order chi connectivity index (χ0) is 13.3. The van der Waals surface area contributed by atoms with Gasteiger partial charge in [0.15, 0.2) is 5.69 Å². The van der Waals surface area contributed by atoms with Crippen molar-refractivity contribution in [3.8, 4) is 0 Å². The predicted molar refractivity (Wildman–Crippen MR) is 65.3 cm³/mol. The van der Waals surface area contributed by atoms with Gasteiger partial charge in [0, 0.05) is 12.4 Å². The molecule has 0 saturated heterocycles. The van der Waals surface area contributed by atoms with E-state index in [1.807, 2.05) is 12.1 Å². The van der Waals surface area contributed by atoms with Crippen LogP contribution >= 0.6 is 0 Å². The molecule has 1 aromatic heterocycles. The number of carboxylic acids is 1. The fourth-order valence-corrected chi connectivity index (χ4v) is 1.71.